The van der Waals surface area contributed by atoms with Crippen molar-refractivity contribution in [3.63, 3.8) is 0 Å². The van der Waals surface area contributed by atoms with Crippen LogP contribution >= 0.6 is 0 Å². The van der Waals surface area contributed by atoms with Gasteiger partial charge in [0.05, 0.1) is 18.6 Å². The van der Waals surface area contributed by atoms with Gasteiger partial charge in [0.15, 0.2) is 0 Å². The Hall–Kier alpha value is -4.80. The molecule has 4 heterocycles. The number of carbonyl (C=O) groups is 4. The number of hydrogen-bond acceptors (Lipinski definition) is 7. The summed E-state index contributed by atoms with van der Waals surface area (Å²) in [6.45, 7) is 0.759. The van der Waals surface area contributed by atoms with Crippen LogP contribution in [0.15, 0.2) is 97.1 Å². The molecule has 0 unspecified atom stereocenters. The minimum absolute atomic E-state index is 0.0853. The van der Waals surface area contributed by atoms with Crippen molar-refractivity contribution < 1.29 is 33.8 Å². The predicted molar refractivity (Wildman–Crippen MR) is 188 cm³/mol. The molecule has 10 nitrogen and oxygen atoms in total. The van der Waals surface area contributed by atoms with E-state index in [1.165, 1.54) is 0 Å². The minimum Gasteiger partial charge on any atom is -0.455 e. The van der Waals surface area contributed by atoms with Crippen molar-refractivity contribution >= 4 is 40.2 Å². The summed E-state index contributed by atoms with van der Waals surface area (Å²) >= 11 is 0. The second-order valence-electron chi connectivity index (χ2n) is 13.5. The summed E-state index contributed by atoms with van der Waals surface area (Å²) in [5.41, 5.74) is 0.00976. The van der Waals surface area contributed by atoms with Crippen molar-refractivity contribution in [2.24, 2.45) is 11.8 Å². The number of carbonyl (C=O) groups excluding carboxylic acids is 4. The molecule has 0 bridgehead atoms. The highest BCUT2D eigenvalue weighted by atomic mass is 16.6. The molecule has 3 aromatic carbocycles. The van der Waals surface area contributed by atoms with Crippen LogP contribution in [0.3, 0.4) is 0 Å². The number of anilines is 1. The number of hydrogen-bond donors (Lipinski definition) is 2. The maximum Gasteiger partial charge on any atom is 0.313 e. The van der Waals surface area contributed by atoms with E-state index in [2.05, 4.69) is 5.32 Å². The first kappa shape index (κ1) is 33.7. The van der Waals surface area contributed by atoms with Gasteiger partial charge in [-0.2, -0.15) is 0 Å². The normalized spacial score (nSPS) is 28.9. The molecule has 3 aromatic rings. The molecule has 260 valence electrons. The number of unbranched alkanes of at least 4 members (excludes halogenated alkanes) is 3. The largest absolute Gasteiger partial charge is 0.455 e. The molecule has 4 aliphatic rings. The molecule has 0 saturated carbocycles. The van der Waals surface area contributed by atoms with Gasteiger partial charge in [0.1, 0.15) is 23.7 Å². The van der Waals surface area contributed by atoms with E-state index in [-0.39, 0.29) is 43.8 Å². The molecule has 0 aliphatic carbocycles. The lowest BCUT2D eigenvalue weighted by atomic mass is 9.78. The van der Waals surface area contributed by atoms with Gasteiger partial charge in [-0.05, 0) is 47.7 Å². The van der Waals surface area contributed by atoms with Gasteiger partial charge in [0, 0.05) is 31.8 Å². The first-order valence-electron chi connectivity index (χ1n) is 17.7. The van der Waals surface area contributed by atoms with E-state index >= 15 is 0 Å². The van der Waals surface area contributed by atoms with Crippen LogP contribution in [0.25, 0.3) is 10.8 Å². The maximum atomic E-state index is 14.9. The third kappa shape index (κ3) is 6.33. The van der Waals surface area contributed by atoms with Crippen molar-refractivity contribution in [1.82, 2.24) is 10.2 Å². The maximum absolute atomic E-state index is 14.9. The Labute approximate surface area is 291 Å². The van der Waals surface area contributed by atoms with Gasteiger partial charge in [-0.25, -0.2) is 0 Å². The summed E-state index contributed by atoms with van der Waals surface area (Å²) in [6.07, 6.45) is 9.15. The van der Waals surface area contributed by atoms with Crippen molar-refractivity contribution in [3.05, 3.63) is 103 Å². The van der Waals surface area contributed by atoms with Gasteiger partial charge >= 0.3 is 5.97 Å². The van der Waals surface area contributed by atoms with Crippen LogP contribution < -0.4 is 10.2 Å². The van der Waals surface area contributed by atoms with Gasteiger partial charge in [0.25, 0.3) is 5.91 Å². The van der Waals surface area contributed by atoms with Gasteiger partial charge < -0.3 is 29.7 Å². The Balaban J connectivity index is 1.27. The molecule has 2 N–H and O–H groups in total. The molecule has 0 radical (unpaired) electrons. The highest BCUT2D eigenvalue weighted by Crippen LogP contribution is 2.53. The topological polar surface area (TPSA) is 125 Å². The lowest BCUT2D eigenvalue weighted by Gasteiger charge is -2.35. The van der Waals surface area contributed by atoms with E-state index in [1.807, 2.05) is 84.9 Å². The Morgan fingerprint density at radius 2 is 1.64 bits per heavy atom. The number of fused-ring (bicyclic) bond motifs is 3. The van der Waals surface area contributed by atoms with E-state index < -0.39 is 41.7 Å². The first-order chi connectivity index (χ1) is 24.4. The fourth-order valence-corrected chi connectivity index (χ4v) is 7.97. The highest BCUT2D eigenvalue weighted by molar-refractivity contribution is 6.06. The number of amides is 3. The van der Waals surface area contributed by atoms with Crippen LogP contribution in [0.1, 0.15) is 50.2 Å². The third-order valence-corrected chi connectivity index (χ3v) is 10.4. The number of nitrogens with one attached hydrogen (secondary N) is 1. The van der Waals surface area contributed by atoms with Crippen molar-refractivity contribution in [2.45, 2.75) is 62.4 Å². The Kier molecular flexibility index (Phi) is 9.83. The van der Waals surface area contributed by atoms with E-state index in [9.17, 15) is 24.3 Å². The molecule has 0 aromatic heterocycles. The smallest absolute Gasteiger partial charge is 0.313 e. The zero-order chi connectivity index (χ0) is 34.7. The van der Waals surface area contributed by atoms with Gasteiger partial charge in [-0.15, -0.1) is 0 Å². The summed E-state index contributed by atoms with van der Waals surface area (Å²) in [5, 5.41) is 14.2. The molecule has 7 rings (SSSR count). The summed E-state index contributed by atoms with van der Waals surface area (Å²) in [5.74, 6) is -3.39. The summed E-state index contributed by atoms with van der Waals surface area (Å²) in [4.78, 5) is 59.9. The monoisotopic (exact) mass is 677 g/mol. The Morgan fingerprint density at radius 3 is 2.46 bits per heavy atom. The number of nitrogens with zero attached hydrogens (tertiary/aromatic N) is 2. The van der Waals surface area contributed by atoms with Crippen molar-refractivity contribution in [1.29, 1.82) is 0 Å². The molecular formula is C40H43N3O7. The molecule has 3 amide bonds. The number of likely N-dealkylation sites (tertiary alicyclic amines) is 1. The third-order valence-electron chi connectivity index (χ3n) is 10.4. The second-order valence-corrected chi connectivity index (χ2v) is 13.5. The highest BCUT2D eigenvalue weighted by Gasteiger charge is 2.71. The molecular weight excluding hydrogens is 634 g/mol. The Morgan fingerprint density at radius 1 is 0.860 bits per heavy atom. The van der Waals surface area contributed by atoms with Crippen LogP contribution in [0.4, 0.5) is 5.69 Å². The van der Waals surface area contributed by atoms with Crippen LogP contribution in [0.2, 0.25) is 0 Å². The average molecular weight is 678 g/mol. The molecule has 6 atom stereocenters. The number of cyclic esters (lactones) is 1. The van der Waals surface area contributed by atoms with Crippen molar-refractivity contribution in [2.75, 3.05) is 31.1 Å². The van der Waals surface area contributed by atoms with Gasteiger partial charge in [-0.1, -0.05) is 97.8 Å². The lowest BCUT2D eigenvalue weighted by Crippen LogP contribution is -2.55. The average Bonchev–Trinajstić information content (AvgIpc) is 3.51. The molecule has 2 fully saturated rings. The number of aliphatic hydroxyl groups is 1. The fraction of sp³-hybridized carbons (Fsp3) is 0.400. The summed E-state index contributed by atoms with van der Waals surface area (Å²) < 4.78 is 13.0. The van der Waals surface area contributed by atoms with Crippen LogP contribution in [0, 0.1) is 11.8 Å². The van der Waals surface area contributed by atoms with E-state index in [4.69, 9.17) is 9.47 Å². The predicted octanol–water partition coefficient (Wildman–Crippen LogP) is 4.63. The first-order valence-corrected chi connectivity index (χ1v) is 17.7. The summed E-state index contributed by atoms with van der Waals surface area (Å²) in [7, 11) is 0. The van der Waals surface area contributed by atoms with E-state index in [0.29, 0.717) is 31.5 Å². The number of rotatable bonds is 8. The van der Waals surface area contributed by atoms with Gasteiger partial charge in [0.2, 0.25) is 11.8 Å². The lowest BCUT2D eigenvalue weighted by molar-refractivity contribution is -0.159. The Bertz CT molecular complexity index is 1810. The number of ether oxygens (including phenoxy) is 2. The molecule has 50 heavy (non-hydrogen) atoms. The quantitative estimate of drug-likeness (QED) is 0.203. The zero-order valence-corrected chi connectivity index (χ0v) is 28.0. The molecule has 10 heteroatoms. The van der Waals surface area contributed by atoms with Crippen molar-refractivity contribution in [3.8, 4) is 0 Å². The number of benzene rings is 3. The molecule has 1 spiro atoms. The second kappa shape index (κ2) is 14.6. The van der Waals surface area contributed by atoms with E-state index in [1.54, 1.807) is 22.0 Å². The van der Waals surface area contributed by atoms with Crippen LogP contribution in [0.5, 0.6) is 0 Å². The van der Waals surface area contributed by atoms with Crippen LogP contribution in [-0.4, -0.2) is 77.7 Å². The van der Waals surface area contributed by atoms with Gasteiger partial charge in [-0.3, -0.25) is 19.2 Å². The molecule has 4 aliphatic heterocycles. The minimum atomic E-state index is -1.42. The number of allylic oxidation sites excluding steroid dienone is 1. The summed E-state index contributed by atoms with van der Waals surface area (Å²) in [6, 6.07) is 22.0. The van der Waals surface area contributed by atoms with E-state index in [0.717, 1.165) is 29.2 Å². The fourth-order valence-electron chi connectivity index (χ4n) is 7.97. The zero-order valence-electron chi connectivity index (χ0n) is 28.0. The standard InChI is InChI=1S/C40H43N3O7/c44-24-11-2-1-10-22-43-36-38(47)42(30-20-19-27-13-6-7-16-29(27)25-30)23-12-21-40(36)35(37(43)46)34-31(50-40)17-8-9-18-33(45)41-26-32(49-39(34)48)28-14-4-3-5-15-28/h3-8,12-17,19-21,25,31-32,34-36,44H,1-2,9-11,18,22-24,26H2,(H,41,45)/b17-8-/t31-,32+,34+,35+,36-,40+/m1/s1. The van der Waals surface area contributed by atoms with Crippen LogP contribution in [-0.2, 0) is 28.7 Å². The SMILES string of the molecule is O=C1CC/C=C\[C@H]2O[C@]34C=CCN(c5ccc6ccccc6c5)C(=O)[C@H]3N(CCCCCCO)C(=O)[C@@H]4[C@H]2C(=O)O[C@H](c2ccccc2)CN1. The number of aliphatic hydroxyl groups excluding tert-OH is 1. The number of esters is 1. The molecule has 2 saturated heterocycles.